The lowest BCUT2D eigenvalue weighted by Gasteiger charge is -2.22. The molecule has 4 bridgehead atoms. The van der Waals surface area contributed by atoms with E-state index in [9.17, 15) is 14.7 Å². The first-order valence-corrected chi connectivity index (χ1v) is 10.7. The molecule has 0 radical (unpaired) electrons. The highest BCUT2D eigenvalue weighted by atomic mass is 35.5. The number of aromatic nitrogens is 4. The Morgan fingerprint density at radius 1 is 1.18 bits per heavy atom. The second-order valence-electron chi connectivity index (χ2n) is 8.04. The number of halogens is 3. The van der Waals surface area contributed by atoms with Crippen LogP contribution in [0.2, 0.25) is 5.02 Å². The third kappa shape index (κ3) is 3.22. The Morgan fingerprint density at radius 3 is 2.73 bits per heavy atom. The van der Waals surface area contributed by atoms with E-state index in [-0.39, 0.29) is 59.3 Å². The van der Waals surface area contributed by atoms with E-state index in [0.29, 0.717) is 11.1 Å². The molecule has 1 N–H and O–H groups in total. The van der Waals surface area contributed by atoms with Gasteiger partial charge in [0.15, 0.2) is 11.2 Å². The number of hydrogen-bond acceptors (Lipinski definition) is 4. The number of fused-ring (bicyclic) bond motifs is 8. The van der Waals surface area contributed by atoms with Gasteiger partial charge in [0.25, 0.3) is 11.5 Å². The fourth-order valence-electron chi connectivity index (χ4n) is 4.28. The van der Waals surface area contributed by atoms with Gasteiger partial charge in [-0.2, -0.15) is 8.78 Å². The van der Waals surface area contributed by atoms with Crippen LogP contribution >= 0.6 is 11.6 Å². The minimum Gasteiger partial charge on any atom is -0.396 e. The molecule has 2 aromatic heterocycles. The van der Waals surface area contributed by atoms with E-state index >= 15 is 8.78 Å². The van der Waals surface area contributed by atoms with Crippen molar-refractivity contribution in [1.82, 2.24) is 18.7 Å². The Hall–Kier alpha value is -3.30. The molecule has 170 valence electrons. The summed E-state index contributed by atoms with van der Waals surface area (Å²) in [5.41, 5.74) is -0.459. The summed E-state index contributed by atoms with van der Waals surface area (Å²) in [7, 11) is 1.50. The Kier molecular flexibility index (Phi) is 4.98. The molecule has 4 aromatic rings. The molecule has 3 heterocycles. The van der Waals surface area contributed by atoms with Crippen molar-refractivity contribution in [1.29, 1.82) is 0 Å². The van der Waals surface area contributed by atoms with E-state index in [1.165, 1.54) is 41.9 Å². The predicted molar refractivity (Wildman–Crippen MR) is 120 cm³/mol. The zero-order chi connectivity index (χ0) is 23.5. The van der Waals surface area contributed by atoms with Crippen LogP contribution in [0.4, 0.5) is 8.78 Å². The van der Waals surface area contributed by atoms with E-state index in [0.717, 1.165) is 4.57 Å². The van der Waals surface area contributed by atoms with Gasteiger partial charge in [-0.15, -0.1) is 0 Å². The second-order valence-corrected chi connectivity index (χ2v) is 8.45. The van der Waals surface area contributed by atoms with Gasteiger partial charge in [0.05, 0.1) is 5.02 Å². The molecule has 2 aromatic carbocycles. The zero-order valence-electron chi connectivity index (χ0n) is 17.6. The molecular weight excluding hydrogens is 454 g/mol. The van der Waals surface area contributed by atoms with Crippen LogP contribution in [0.5, 0.6) is 0 Å². The molecule has 0 amide bonds. The first-order chi connectivity index (χ1) is 15.7. The van der Waals surface area contributed by atoms with E-state index in [1.807, 2.05) is 0 Å². The van der Waals surface area contributed by atoms with Crippen molar-refractivity contribution < 1.29 is 13.9 Å². The van der Waals surface area contributed by atoms with Gasteiger partial charge in [-0.1, -0.05) is 29.8 Å². The van der Waals surface area contributed by atoms with Crippen LogP contribution in [-0.2, 0) is 26.1 Å². The third-order valence-electron chi connectivity index (χ3n) is 5.97. The number of benzene rings is 2. The van der Waals surface area contributed by atoms with Crippen LogP contribution in [0.15, 0.2) is 52.1 Å². The molecule has 0 spiro atoms. The lowest BCUT2D eigenvalue weighted by Crippen LogP contribution is -2.40. The molecule has 0 unspecified atom stereocenters. The average Bonchev–Trinajstić information content (AvgIpc) is 3.17. The molecule has 5 rings (SSSR count). The van der Waals surface area contributed by atoms with Crippen molar-refractivity contribution in [3.63, 3.8) is 0 Å². The van der Waals surface area contributed by atoms with Crippen molar-refractivity contribution >= 4 is 22.8 Å². The van der Waals surface area contributed by atoms with Crippen LogP contribution in [0.3, 0.4) is 0 Å². The Morgan fingerprint density at radius 2 is 1.97 bits per heavy atom. The highest BCUT2D eigenvalue weighted by molar-refractivity contribution is 6.31. The lowest BCUT2D eigenvalue weighted by atomic mass is 9.96. The SMILES string of the molecule is Cn1c(=O)n(CCCO)c(=O)c2c1nc1n2Cc2cccc(c2)C(F)(F)c2cc-1ccc2Cl. The normalized spacial score (nSPS) is 14.3. The molecule has 0 atom stereocenters. The van der Waals surface area contributed by atoms with Gasteiger partial charge in [0, 0.05) is 43.4 Å². The van der Waals surface area contributed by atoms with Crippen molar-refractivity contribution in [2.75, 3.05) is 6.61 Å². The Labute approximate surface area is 191 Å². The van der Waals surface area contributed by atoms with Gasteiger partial charge in [-0.25, -0.2) is 9.78 Å². The van der Waals surface area contributed by atoms with Gasteiger partial charge in [0.1, 0.15) is 5.82 Å². The molecule has 0 fully saturated rings. The molecule has 33 heavy (non-hydrogen) atoms. The number of alkyl halides is 2. The first-order valence-electron chi connectivity index (χ1n) is 10.3. The highest BCUT2D eigenvalue weighted by Gasteiger charge is 2.37. The summed E-state index contributed by atoms with van der Waals surface area (Å²) in [6.45, 7) is -0.0287. The second kappa shape index (κ2) is 7.64. The van der Waals surface area contributed by atoms with Crippen molar-refractivity contribution in [3.05, 3.63) is 85.0 Å². The number of nitrogens with zero attached hydrogens (tertiary/aromatic N) is 4. The number of hydrogen-bond donors (Lipinski definition) is 1. The summed E-state index contributed by atoms with van der Waals surface area (Å²) in [5.74, 6) is -3.06. The van der Waals surface area contributed by atoms with Gasteiger partial charge >= 0.3 is 5.69 Å². The van der Waals surface area contributed by atoms with Crippen LogP contribution < -0.4 is 11.2 Å². The molecule has 7 nitrogen and oxygen atoms in total. The van der Waals surface area contributed by atoms with Gasteiger partial charge in [-0.3, -0.25) is 13.9 Å². The summed E-state index contributed by atoms with van der Waals surface area (Å²) >= 11 is 6.17. The van der Waals surface area contributed by atoms with E-state index in [4.69, 9.17) is 11.6 Å². The lowest BCUT2D eigenvalue weighted by molar-refractivity contribution is 0.0429. The summed E-state index contributed by atoms with van der Waals surface area (Å²) in [6.07, 6.45) is 0.235. The van der Waals surface area contributed by atoms with Gasteiger partial charge in [0.2, 0.25) is 0 Å². The van der Waals surface area contributed by atoms with Crippen molar-refractivity contribution in [2.45, 2.75) is 25.4 Å². The molecule has 0 aliphatic carbocycles. The maximum absolute atomic E-state index is 15.4. The maximum atomic E-state index is 15.4. The van der Waals surface area contributed by atoms with E-state index < -0.39 is 17.2 Å². The quantitative estimate of drug-likeness (QED) is 0.497. The van der Waals surface area contributed by atoms with Crippen LogP contribution in [0, 0.1) is 0 Å². The number of aryl methyl sites for hydroxylation is 1. The Balaban J connectivity index is 1.91. The summed E-state index contributed by atoms with van der Waals surface area (Å²) in [4.78, 5) is 30.7. The van der Waals surface area contributed by atoms with Crippen molar-refractivity contribution in [2.24, 2.45) is 7.05 Å². The standard InChI is InChI=1S/C23H19ClF2N4O3/c1-28-20-18(21(32)29(22(28)33)8-3-9-31)30-12-13-4-2-5-15(10-13)23(25,26)16-11-14(19(30)27-20)6-7-17(16)24/h2,4-7,10-11,31H,3,8-9,12H2,1H3. The average molecular weight is 473 g/mol. The summed E-state index contributed by atoms with van der Waals surface area (Å²) in [5, 5.41) is 9.09. The molecule has 10 heteroatoms. The first kappa shape index (κ1) is 21.5. The van der Waals surface area contributed by atoms with E-state index in [2.05, 4.69) is 4.98 Å². The molecule has 0 saturated heterocycles. The van der Waals surface area contributed by atoms with Gasteiger partial charge in [-0.05, 0) is 36.2 Å². The van der Waals surface area contributed by atoms with Crippen LogP contribution in [0.25, 0.3) is 22.6 Å². The van der Waals surface area contributed by atoms with E-state index in [1.54, 1.807) is 16.7 Å². The third-order valence-corrected chi connectivity index (χ3v) is 6.29. The number of aliphatic hydroxyl groups excluding tert-OH is 1. The summed E-state index contributed by atoms with van der Waals surface area (Å²) < 4.78 is 34.7. The maximum Gasteiger partial charge on any atom is 0.332 e. The number of rotatable bonds is 3. The molecule has 1 aliphatic heterocycles. The highest BCUT2D eigenvalue weighted by Crippen LogP contribution is 2.42. The fourth-order valence-corrected chi connectivity index (χ4v) is 4.52. The number of imidazole rings is 1. The topological polar surface area (TPSA) is 82.0 Å². The smallest absolute Gasteiger partial charge is 0.332 e. The minimum absolute atomic E-state index is 0.0469. The number of aliphatic hydroxyl groups is 1. The molecule has 1 aliphatic rings. The Bertz CT molecular complexity index is 1540. The van der Waals surface area contributed by atoms with Gasteiger partial charge < -0.3 is 9.67 Å². The van der Waals surface area contributed by atoms with Crippen molar-refractivity contribution in [3.8, 4) is 11.4 Å². The molecule has 0 saturated carbocycles. The predicted octanol–water partition coefficient (Wildman–Crippen LogP) is 3.10. The summed E-state index contributed by atoms with van der Waals surface area (Å²) in [6, 6.07) is 10.2. The van der Waals surface area contributed by atoms with Crippen LogP contribution in [0.1, 0.15) is 23.1 Å². The molecular formula is C23H19ClF2N4O3. The largest absolute Gasteiger partial charge is 0.396 e. The minimum atomic E-state index is -3.33. The van der Waals surface area contributed by atoms with Crippen LogP contribution in [-0.4, -0.2) is 30.4 Å². The monoisotopic (exact) mass is 472 g/mol. The zero-order valence-corrected chi connectivity index (χ0v) is 18.3. The fraction of sp³-hybridized carbons (Fsp3) is 0.261.